The molecule has 0 atom stereocenters. The largest absolute Gasteiger partial charge is 0.339 e. The molecule has 136 valence electrons. The van der Waals surface area contributed by atoms with Crippen molar-refractivity contribution in [2.24, 2.45) is 0 Å². The first-order chi connectivity index (χ1) is 12.0. The van der Waals surface area contributed by atoms with E-state index in [1.54, 1.807) is 34.9 Å². The second kappa shape index (κ2) is 7.98. The Kier molecular flexibility index (Phi) is 5.92. The molecule has 3 rings (SSSR count). The molecule has 1 aromatic carbocycles. The number of hydrogen-bond acceptors (Lipinski definition) is 7. The summed E-state index contributed by atoms with van der Waals surface area (Å²) >= 11 is 2.63. The van der Waals surface area contributed by atoms with Crippen LogP contribution in [0, 0.1) is 0 Å². The third-order valence-electron chi connectivity index (χ3n) is 4.03. The van der Waals surface area contributed by atoms with Gasteiger partial charge in [0.05, 0.1) is 17.5 Å². The van der Waals surface area contributed by atoms with Crippen LogP contribution in [0.4, 0.5) is 0 Å². The van der Waals surface area contributed by atoms with Gasteiger partial charge in [-0.3, -0.25) is 4.79 Å². The normalized spacial score (nSPS) is 16.4. The maximum Gasteiger partial charge on any atom is 0.245 e. The smallest absolute Gasteiger partial charge is 0.245 e. The highest BCUT2D eigenvalue weighted by molar-refractivity contribution is 7.99. The molecule has 10 heteroatoms. The minimum absolute atomic E-state index is 0.0845. The molecule has 1 aromatic heterocycles. The molecule has 1 fully saturated rings. The number of amides is 1. The third kappa shape index (κ3) is 3.97. The molecule has 0 radical (unpaired) electrons. The van der Waals surface area contributed by atoms with Crippen LogP contribution in [0.3, 0.4) is 0 Å². The van der Waals surface area contributed by atoms with Gasteiger partial charge in [0.2, 0.25) is 15.9 Å². The van der Waals surface area contributed by atoms with Crippen LogP contribution in [0.5, 0.6) is 0 Å². The molecule has 25 heavy (non-hydrogen) atoms. The molecular formula is C15H20N4O3S3. The van der Waals surface area contributed by atoms with E-state index in [2.05, 4.69) is 15.7 Å². The molecule has 0 saturated carbocycles. The van der Waals surface area contributed by atoms with E-state index in [9.17, 15) is 13.2 Å². The molecule has 0 N–H and O–H groups in total. The Morgan fingerprint density at radius 1 is 1.24 bits per heavy atom. The van der Waals surface area contributed by atoms with Crippen molar-refractivity contribution < 1.29 is 13.2 Å². The number of thioether (sulfide) groups is 1. The minimum atomic E-state index is -3.63. The van der Waals surface area contributed by atoms with Crippen molar-refractivity contribution in [2.45, 2.75) is 18.2 Å². The number of benzene rings is 1. The van der Waals surface area contributed by atoms with Crippen molar-refractivity contribution >= 4 is 50.5 Å². The zero-order valence-corrected chi connectivity index (χ0v) is 16.4. The minimum Gasteiger partial charge on any atom is -0.339 e. The van der Waals surface area contributed by atoms with Gasteiger partial charge in [0.25, 0.3) is 0 Å². The second-order valence-electron chi connectivity index (χ2n) is 5.73. The van der Waals surface area contributed by atoms with Crippen LogP contribution in [0.2, 0.25) is 0 Å². The molecule has 0 bridgehead atoms. The van der Waals surface area contributed by atoms with E-state index in [0.717, 1.165) is 23.9 Å². The predicted molar refractivity (Wildman–Crippen MR) is 100 cm³/mol. The summed E-state index contributed by atoms with van der Waals surface area (Å²) in [5, 5.41) is 0. The SMILES string of the molecule is CCCSCC(=O)N1CCN(S(=O)(=O)c2cccc3nsnc23)CC1. The van der Waals surface area contributed by atoms with Gasteiger partial charge in [0, 0.05) is 26.2 Å². The lowest BCUT2D eigenvalue weighted by Crippen LogP contribution is -2.51. The number of carbonyl (C=O) groups excluding carboxylic acids is 1. The summed E-state index contributed by atoms with van der Waals surface area (Å²) in [5.74, 6) is 1.51. The van der Waals surface area contributed by atoms with Crippen molar-refractivity contribution in [1.82, 2.24) is 18.0 Å². The Hall–Kier alpha value is -1.23. The Balaban J connectivity index is 1.68. The first kappa shape index (κ1) is 18.6. The summed E-state index contributed by atoms with van der Waals surface area (Å²) in [6.45, 7) is 3.55. The lowest BCUT2D eigenvalue weighted by Gasteiger charge is -2.34. The van der Waals surface area contributed by atoms with E-state index in [1.807, 2.05) is 0 Å². The van der Waals surface area contributed by atoms with Gasteiger partial charge in [-0.25, -0.2) is 8.42 Å². The van der Waals surface area contributed by atoms with E-state index >= 15 is 0 Å². The van der Waals surface area contributed by atoms with E-state index in [-0.39, 0.29) is 10.8 Å². The van der Waals surface area contributed by atoms with Crippen molar-refractivity contribution in [3.8, 4) is 0 Å². The standard InChI is InChI=1S/C15H20N4O3S3/c1-2-10-23-11-14(20)18-6-8-19(9-7-18)25(21,22)13-5-3-4-12-15(13)17-24-16-12/h3-5H,2,6-11H2,1H3. The van der Waals surface area contributed by atoms with Gasteiger partial charge in [-0.1, -0.05) is 13.0 Å². The summed E-state index contributed by atoms with van der Waals surface area (Å²) in [7, 11) is -3.63. The molecule has 2 aromatic rings. The van der Waals surface area contributed by atoms with Crippen LogP contribution in [-0.4, -0.2) is 70.0 Å². The molecular weight excluding hydrogens is 380 g/mol. The lowest BCUT2D eigenvalue weighted by atomic mass is 10.3. The number of fused-ring (bicyclic) bond motifs is 1. The van der Waals surface area contributed by atoms with Crippen LogP contribution in [0.1, 0.15) is 13.3 Å². The van der Waals surface area contributed by atoms with Gasteiger partial charge < -0.3 is 4.90 Å². The summed E-state index contributed by atoms with van der Waals surface area (Å²) in [5.41, 5.74) is 1.01. The zero-order valence-electron chi connectivity index (χ0n) is 13.9. The van der Waals surface area contributed by atoms with Crippen LogP contribution in [0.15, 0.2) is 23.1 Å². The summed E-state index contributed by atoms with van der Waals surface area (Å²) in [6, 6.07) is 5.00. The van der Waals surface area contributed by atoms with Crippen LogP contribution >= 0.6 is 23.5 Å². The molecule has 1 saturated heterocycles. The first-order valence-electron chi connectivity index (χ1n) is 8.11. The second-order valence-corrected chi connectivity index (χ2v) is 9.27. The average Bonchev–Trinajstić information content (AvgIpc) is 3.10. The van der Waals surface area contributed by atoms with Gasteiger partial charge in [0.1, 0.15) is 15.9 Å². The Bertz CT molecular complexity index is 845. The fraction of sp³-hybridized carbons (Fsp3) is 0.533. The van der Waals surface area contributed by atoms with E-state index in [0.29, 0.717) is 43.0 Å². The van der Waals surface area contributed by atoms with Crippen molar-refractivity contribution in [2.75, 3.05) is 37.7 Å². The number of hydrogen-bond donors (Lipinski definition) is 0. The third-order valence-corrected chi connectivity index (χ3v) is 7.65. The molecule has 0 aliphatic carbocycles. The van der Waals surface area contributed by atoms with Gasteiger partial charge in [-0.2, -0.15) is 24.8 Å². The van der Waals surface area contributed by atoms with Crippen molar-refractivity contribution in [1.29, 1.82) is 0 Å². The van der Waals surface area contributed by atoms with Crippen molar-refractivity contribution in [3.05, 3.63) is 18.2 Å². The highest BCUT2D eigenvalue weighted by Gasteiger charge is 2.31. The Morgan fingerprint density at radius 2 is 2.00 bits per heavy atom. The number of sulfonamides is 1. The first-order valence-corrected chi connectivity index (χ1v) is 11.4. The fourth-order valence-corrected chi connectivity index (χ4v) is 5.67. The van der Waals surface area contributed by atoms with Gasteiger partial charge in [-0.05, 0) is 24.3 Å². The number of rotatable bonds is 6. The molecule has 0 unspecified atom stereocenters. The van der Waals surface area contributed by atoms with E-state index < -0.39 is 10.0 Å². The molecule has 7 nitrogen and oxygen atoms in total. The number of nitrogens with zero attached hydrogens (tertiary/aromatic N) is 4. The number of carbonyl (C=O) groups is 1. The van der Waals surface area contributed by atoms with Crippen LogP contribution < -0.4 is 0 Å². The maximum absolute atomic E-state index is 12.9. The summed E-state index contributed by atoms with van der Waals surface area (Å²) in [6.07, 6.45) is 1.04. The zero-order chi connectivity index (χ0) is 17.9. The predicted octanol–water partition coefficient (Wildman–Crippen LogP) is 1.67. The van der Waals surface area contributed by atoms with Gasteiger partial charge in [0.15, 0.2) is 0 Å². The molecule has 1 aliphatic rings. The van der Waals surface area contributed by atoms with E-state index in [4.69, 9.17) is 0 Å². The fourth-order valence-electron chi connectivity index (χ4n) is 2.70. The monoisotopic (exact) mass is 400 g/mol. The molecule has 1 amide bonds. The topological polar surface area (TPSA) is 83.5 Å². The van der Waals surface area contributed by atoms with Crippen LogP contribution in [0.25, 0.3) is 11.0 Å². The Morgan fingerprint density at radius 3 is 2.72 bits per heavy atom. The maximum atomic E-state index is 12.9. The summed E-state index contributed by atoms with van der Waals surface area (Å²) in [4.78, 5) is 14.1. The molecule has 0 spiro atoms. The van der Waals surface area contributed by atoms with E-state index in [1.165, 1.54) is 4.31 Å². The quantitative estimate of drug-likeness (QED) is 0.686. The van der Waals surface area contributed by atoms with Gasteiger partial charge in [-0.15, -0.1) is 0 Å². The lowest BCUT2D eigenvalue weighted by molar-refractivity contribution is -0.129. The highest BCUT2D eigenvalue weighted by atomic mass is 32.2. The number of aromatic nitrogens is 2. The molecule has 2 heterocycles. The molecule has 1 aliphatic heterocycles. The average molecular weight is 401 g/mol. The Labute approximate surface area is 155 Å². The number of piperazine rings is 1. The summed E-state index contributed by atoms with van der Waals surface area (Å²) < 4.78 is 35.5. The van der Waals surface area contributed by atoms with Crippen molar-refractivity contribution in [3.63, 3.8) is 0 Å². The van der Waals surface area contributed by atoms with Crippen LogP contribution in [-0.2, 0) is 14.8 Å². The highest BCUT2D eigenvalue weighted by Crippen LogP contribution is 2.25. The van der Waals surface area contributed by atoms with Gasteiger partial charge >= 0.3 is 0 Å².